The first kappa shape index (κ1) is 25.6. The van der Waals surface area contributed by atoms with Crippen LogP contribution in [0.25, 0.3) is 0 Å². The molecule has 0 radical (unpaired) electrons. The smallest absolute Gasteiger partial charge is 0.338 e. The van der Waals surface area contributed by atoms with E-state index in [2.05, 4.69) is 27.7 Å². The SMILES string of the molecule is CC(C)CCc1ccc(C(=O)OC(C)C(C)OC(=O)c2ccc(CCC(C)C)cc2)cc1. The van der Waals surface area contributed by atoms with Crippen LogP contribution < -0.4 is 0 Å². The quantitative estimate of drug-likeness (QED) is 0.368. The lowest BCUT2D eigenvalue weighted by atomic mass is 10.0. The van der Waals surface area contributed by atoms with E-state index in [4.69, 9.17) is 9.47 Å². The van der Waals surface area contributed by atoms with Crippen molar-refractivity contribution in [3.05, 3.63) is 70.8 Å². The van der Waals surface area contributed by atoms with Crippen LogP contribution in [0.5, 0.6) is 0 Å². The van der Waals surface area contributed by atoms with Crippen LogP contribution in [0.2, 0.25) is 0 Å². The molecule has 0 saturated heterocycles. The van der Waals surface area contributed by atoms with Gasteiger partial charge in [-0.2, -0.15) is 0 Å². The average molecular weight is 439 g/mol. The number of benzene rings is 2. The lowest BCUT2D eigenvalue weighted by Gasteiger charge is -2.21. The van der Waals surface area contributed by atoms with Gasteiger partial charge >= 0.3 is 11.9 Å². The molecule has 4 heteroatoms. The largest absolute Gasteiger partial charge is 0.455 e. The Kier molecular flexibility index (Phi) is 9.96. The maximum absolute atomic E-state index is 12.5. The summed E-state index contributed by atoms with van der Waals surface area (Å²) in [7, 11) is 0. The Labute approximate surface area is 193 Å². The molecule has 32 heavy (non-hydrogen) atoms. The fourth-order valence-electron chi connectivity index (χ4n) is 3.19. The zero-order valence-corrected chi connectivity index (χ0v) is 20.4. The molecule has 0 aliphatic carbocycles. The Balaban J connectivity index is 1.85. The van der Waals surface area contributed by atoms with Crippen LogP contribution in [0, 0.1) is 11.8 Å². The molecule has 2 aromatic rings. The average Bonchev–Trinajstić information content (AvgIpc) is 2.76. The molecular weight excluding hydrogens is 400 g/mol. The maximum Gasteiger partial charge on any atom is 0.338 e. The number of esters is 2. The molecule has 0 aromatic heterocycles. The minimum Gasteiger partial charge on any atom is -0.455 e. The molecule has 0 aliphatic heterocycles. The van der Waals surface area contributed by atoms with Gasteiger partial charge < -0.3 is 9.47 Å². The van der Waals surface area contributed by atoms with Crippen molar-refractivity contribution < 1.29 is 19.1 Å². The van der Waals surface area contributed by atoms with Crippen molar-refractivity contribution in [1.82, 2.24) is 0 Å². The molecule has 0 saturated carbocycles. The molecule has 174 valence electrons. The van der Waals surface area contributed by atoms with Crippen LogP contribution in [0.3, 0.4) is 0 Å². The fraction of sp³-hybridized carbons (Fsp3) is 0.500. The first-order valence-electron chi connectivity index (χ1n) is 11.8. The highest BCUT2D eigenvalue weighted by atomic mass is 16.6. The number of hydrogen-bond donors (Lipinski definition) is 0. The molecule has 2 atom stereocenters. The number of aryl methyl sites for hydroxylation is 2. The van der Waals surface area contributed by atoms with Gasteiger partial charge in [0.15, 0.2) is 0 Å². The van der Waals surface area contributed by atoms with E-state index in [9.17, 15) is 9.59 Å². The Morgan fingerprint density at radius 1 is 0.594 bits per heavy atom. The fourth-order valence-corrected chi connectivity index (χ4v) is 3.19. The van der Waals surface area contributed by atoms with Gasteiger partial charge in [0.25, 0.3) is 0 Å². The van der Waals surface area contributed by atoms with Crippen molar-refractivity contribution in [3.63, 3.8) is 0 Å². The Hall–Kier alpha value is -2.62. The predicted molar refractivity (Wildman–Crippen MR) is 129 cm³/mol. The number of hydrogen-bond acceptors (Lipinski definition) is 4. The van der Waals surface area contributed by atoms with Gasteiger partial charge in [-0.1, -0.05) is 52.0 Å². The van der Waals surface area contributed by atoms with Crippen LogP contribution in [0.15, 0.2) is 48.5 Å². The third kappa shape index (κ3) is 8.49. The summed E-state index contributed by atoms with van der Waals surface area (Å²) in [6.45, 7) is 12.3. The first-order chi connectivity index (χ1) is 15.2. The molecule has 0 N–H and O–H groups in total. The lowest BCUT2D eigenvalue weighted by molar-refractivity contribution is -0.0239. The highest BCUT2D eigenvalue weighted by Crippen LogP contribution is 2.15. The number of ether oxygens (including phenoxy) is 2. The van der Waals surface area contributed by atoms with Crippen LogP contribution >= 0.6 is 0 Å². The van der Waals surface area contributed by atoms with Crippen molar-refractivity contribution >= 4 is 11.9 Å². The molecular formula is C28H38O4. The normalized spacial score (nSPS) is 13.1. The van der Waals surface area contributed by atoms with Crippen LogP contribution in [0.4, 0.5) is 0 Å². The molecule has 0 amide bonds. The predicted octanol–water partition coefficient (Wildman–Crippen LogP) is 6.65. The van der Waals surface area contributed by atoms with Crippen LogP contribution in [0.1, 0.15) is 86.2 Å². The van der Waals surface area contributed by atoms with Crippen molar-refractivity contribution in [2.75, 3.05) is 0 Å². The summed E-state index contributed by atoms with van der Waals surface area (Å²) in [4.78, 5) is 25.0. The van der Waals surface area contributed by atoms with E-state index in [1.54, 1.807) is 38.1 Å². The molecule has 0 fully saturated rings. The van der Waals surface area contributed by atoms with Crippen molar-refractivity contribution in [2.24, 2.45) is 11.8 Å². The number of carbonyl (C=O) groups is 2. The van der Waals surface area contributed by atoms with E-state index >= 15 is 0 Å². The van der Waals surface area contributed by atoms with E-state index in [1.807, 2.05) is 24.3 Å². The molecule has 2 aromatic carbocycles. The number of carbonyl (C=O) groups excluding carboxylic acids is 2. The Bertz CT molecular complexity index is 777. The molecule has 4 nitrogen and oxygen atoms in total. The minimum atomic E-state index is -0.558. The summed E-state index contributed by atoms with van der Waals surface area (Å²) >= 11 is 0. The van der Waals surface area contributed by atoms with Crippen LogP contribution in [-0.2, 0) is 22.3 Å². The third-order valence-corrected chi connectivity index (χ3v) is 5.65. The van der Waals surface area contributed by atoms with E-state index < -0.39 is 24.1 Å². The summed E-state index contributed by atoms with van der Waals surface area (Å²) in [5, 5.41) is 0. The van der Waals surface area contributed by atoms with Crippen molar-refractivity contribution in [1.29, 1.82) is 0 Å². The molecule has 2 unspecified atom stereocenters. The number of rotatable bonds is 11. The Morgan fingerprint density at radius 3 is 1.19 bits per heavy atom. The maximum atomic E-state index is 12.5. The summed E-state index contributed by atoms with van der Waals surface area (Å²) in [6.07, 6.45) is 3.11. The summed E-state index contributed by atoms with van der Waals surface area (Å²) in [5.41, 5.74) is 3.42. The summed E-state index contributed by atoms with van der Waals surface area (Å²) in [6, 6.07) is 15.1. The third-order valence-electron chi connectivity index (χ3n) is 5.65. The highest BCUT2D eigenvalue weighted by molar-refractivity contribution is 5.90. The monoisotopic (exact) mass is 438 g/mol. The highest BCUT2D eigenvalue weighted by Gasteiger charge is 2.22. The van der Waals surface area contributed by atoms with E-state index in [1.165, 1.54) is 11.1 Å². The van der Waals surface area contributed by atoms with Gasteiger partial charge in [0, 0.05) is 0 Å². The molecule has 0 heterocycles. The topological polar surface area (TPSA) is 52.6 Å². The van der Waals surface area contributed by atoms with Gasteiger partial charge in [0.05, 0.1) is 11.1 Å². The second-order valence-electron chi connectivity index (χ2n) is 9.48. The van der Waals surface area contributed by atoms with E-state index in [0.29, 0.717) is 23.0 Å². The molecule has 0 aliphatic rings. The van der Waals surface area contributed by atoms with Gasteiger partial charge in [-0.15, -0.1) is 0 Å². The zero-order chi connectivity index (χ0) is 23.7. The van der Waals surface area contributed by atoms with Gasteiger partial charge in [-0.05, 0) is 86.8 Å². The van der Waals surface area contributed by atoms with E-state index in [0.717, 1.165) is 25.7 Å². The second kappa shape index (κ2) is 12.4. The first-order valence-corrected chi connectivity index (χ1v) is 11.8. The zero-order valence-electron chi connectivity index (χ0n) is 20.4. The Morgan fingerprint density at radius 2 is 0.906 bits per heavy atom. The second-order valence-corrected chi connectivity index (χ2v) is 9.48. The lowest BCUT2D eigenvalue weighted by Crippen LogP contribution is -2.30. The summed E-state index contributed by atoms with van der Waals surface area (Å²) in [5.74, 6) is 0.468. The minimum absolute atomic E-state index is 0.412. The van der Waals surface area contributed by atoms with Crippen molar-refractivity contribution in [3.8, 4) is 0 Å². The van der Waals surface area contributed by atoms with Gasteiger partial charge in [-0.25, -0.2) is 9.59 Å². The molecule has 0 bridgehead atoms. The van der Waals surface area contributed by atoms with Gasteiger partial charge in [0.1, 0.15) is 12.2 Å². The van der Waals surface area contributed by atoms with E-state index in [-0.39, 0.29) is 0 Å². The van der Waals surface area contributed by atoms with Crippen molar-refractivity contribution in [2.45, 2.75) is 79.4 Å². The standard InChI is InChI=1S/C28H38O4/c1-19(2)7-9-23-11-15-25(16-12-23)27(29)31-21(5)22(6)32-28(30)26-17-13-24(14-18-26)10-8-20(3)4/h11-22H,7-10H2,1-6H3. The molecule has 0 spiro atoms. The van der Waals surface area contributed by atoms with Gasteiger partial charge in [-0.3, -0.25) is 0 Å². The molecule has 2 rings (SSSR count). The van der Waals surface area contributed by atoms with Gasteiger partial charge in [0.2, 0.25) is 0 Å². The summed E-state index contributed by atoms with van der Waals surface area (Å²) < 4.78 is 11.1. The van der Waals surface area contributed by atoms with Crippen LogP contribution in [-0.4, -0.2) is 24.1 Å².